The van der Waals surface area contributed by atoms with E-state index >= 15 is 0 Å². The molecule has 0 bridgehead atoms. The Kier molecular flexibility index (Phi) is 6.36. The first-order valence-corrected chi connectivity index (χ1v) is 13.2. The van der Waals surface area contributed by atoms with Crippen LogP contribution in [-0.4, -0.2) is 43.0 Å². The number of carbonyl (C=O) groups is 1. The Bertz CT molecular complexity index is 1180. The van der Waals surface area contributed by atoms with Gasteiger partial charge < -0.3 is 5.32 Å². The molecule has 1 saturated heterocycles. The maximum absolute atomic E-state index is 12.9. The molecule has 1 aromatic heterocycles. The maximum Gasteiger partial charge on any atom is 0.243 e. The topological polar surface area (TPSA) is 79.4 Å². The molecule has 1 fully saturated rings. The number of thiazole rings is 1. The predicted octanol–water partition coefficient (Wildman–Crippen LogP) is 4.71. The second-order valence-corrected chi connectivity index (χ2v) is 11.3. The molecule has 0 saturated carbocycles. The Morgan fingerprint density at radius 3 is 2.77 bits per heavy atom. The van der Waals surface area contributed by atoms with Gasteiger partial charge in [0.15, 0.2) is 5.13 Å². The smallest absolute Gasteiger partial charge is 0.243 e. The van der Waals surface area contributed by atoms with E-state index in [0.29, 0.717) is 29.5 Å². The van der Waals surface area contributed by atoms with Crippen LogP contribution in [0, 0.1) is 5.92 Å². The Morgan fingerprint density at radius 2 is 2.03 bits per heavy atom. The van der Waals surface area contributed by atoms with Crippen LogP contribution >= 0.6 is 34.7 Å². The molecule has 1 aliphatic heterocycles. The summed E-state index contributed by atoms with van der Waals surface area (Å²) in [5.74, 6) is -0.621. The van der Waals surface area contributed by atoms with E-state index in [0.717, 1.165) is 15.1 Å². The van der Waals surface area contributed by atoms with Gasteiger partial charge in [0.05, 0.1) is 21.0 Å². The highest BCUT2D eigenvalue weighted by atomic mass is 35.5. The summed E-state index contributed by atoms with van der Waals surface area (Å²) in [6, 6.07) is 12.1. The summed E-state index contributed by atoms with van der Waals surface area (Å²) in [4.78, 5) is 18.6. The van der Waals surface area contributed by atoms with Crippen molar-refractivity contribution in [1.29, 1.82) is 0 Å². The average Bonchev–Trinajstić information content (AvgIpc) is 3.15. The zero-order valence-corrected chi connectivity index (χ0v) is 19.4. The number of rotatable bonds is 5. The Balaban J connectivity index is 1.47. The zero-order valence-electron chi connectivity index (χ0n) is 16.2. The number of hydrogen-bond acceptors (Lipinski definition) is 6. The van der Waals surface area contributed by atoms with Crippen LogP contribution in [0.15, 0.2) is 52.3 Å². The number of carbonyl (C=O) groups excluding carboxylic acids is 1. The van der Waals surface area contributed by atoms with Crippen LogP contribution in [0.4, 0.5) is 5.13 Å². The van der Waals surface area contributed by atoms with Crippen LogP contribution in [0.3, 0.4) is 0 Å². The third-order valence-corrected chi connectivity index (χ3v) is 8.82. The van der Waals surface area contributed by atoms with Gasteiger partial charge in [0.1, 0.15) is 0 Å². The zero-order chi connectivity index (χ0) is 21.3. The van der Waals surface area contributed by atoms with Crippen LogP contribution in [0.2, 0.25) is 5.02 Å². The van der Waals surface area contributed by atoms with Crippen molar-refractivity contribution in [2.75, 3.05) is 24.7 Å². The lowest BCUT2D eigenvalue weighted by molar-refractivity contribution is -0.120. The molecular formula is C20H20ClN3O3S3. The van der Waals surface area contributed by atoms with Gasteiger partial charge in [0.25, 0.3) is 0 Å². The molecule has 0 aliphatic carbocycles. The van der Waals surface area contributed by atoms with Gasteiger partial charge in [-0.3, -0.25) is 4.79 Å². The molecule has 0 radical (unpaired) electrons. The minimum absolute atomic E-state index is 0.151. The molecule has 2 heterocycles. The number of nitrogens with one attached hydrogen (secondary N) is 1. The highest BCUT2D eigenvalue weighted by Gasteiger charge is 2.33. The minimum atomic E-state index is -3.67. The number of anilines is 1. The van der Waals surface area contributed by atoms with Crippen molar-refractivity contribution in [3.05, 3.63) is 47.5 Å². The molecule has 0 spiro atoms. The second-order valence-electron chi connectivity index (χ2n) is 7.00. The first-order chi connectivity index (χ1) is 14.4. The fraction of sp³-hybridized carbons (Fsp3) is 0.300. The number of benzene rings is 2. The third-order valence-electron chi connectivity index (χ3n) is 5.03. The molecular weight excluding hydrogens is 462 g/mol. The summed E-state index contributed by atoms with van der Waals surface area (Å²) in [6.45, 7) is 0.547. The van der Waals surface area contributed by atoms with Crippen molar-refractivity contribution in [2.24, 2.45) is 5.92 Å². The van der Waals surface area contributed by atoms with Crippen LogP contribution in [0.5, 0.6) is 0 Å². The lowest BCUT2D eigenvalue weighted by atomic mass is 9.99. The first kappa shape index (κ1) is 21.6. The summed E-state index contributed by atoms with van der Waals surface area (Å²) in [5, 5.41) is 3.89. The largest absolute Gasteiger partial charge is 0.302 e. The molecule has 1 amide bonds. The molecule has 4 rings (SSSR count). The van der Waals surface area contributed by atoms with Gasteiger partial charge in [-0.05, 0) is 61.6 Å². The minimum Gasteiger partial charge on any atom is -0.302 e. The summed E-state index contributed by atoms with van der Waals surface area (Å²) < 4.78 is 28.3. The van der Waals surface area contributed by atoms with Crippen molar-refractivity contribution in [1.82, 2.24) is 9.29 Å². The number of thioether (sulfide) groups is 1. The predicted molar refractivity (Wildman–Crippen MR) is 123 cm³/mol. The van der Waals surface area contributed by atoms with Crippen molar-refractivity contribution in [3.8, 4) is 0 Å². The van der Waals surface area contributed by atoms with Crippen LogP contribution in [0.25, 0.3) is 10.2 Å². The van der Waals surface area contributed by atoms with Gasteiger partial charge in [-0.1, -0.05) is 22.9 Å². The van der Waals surface area contributed by atoms with Crippen molar-refractivity contribution in [3.63, 3.8) is 0 Å². The van der Waals surface area contributed by atoms with Gasteiger partial charge in [-0.15, -0.1) is 11.8 Å². The Morgan fingerprint density at radius 1 is 1.27 bits per heavy atom. The third kappa shape index (κ3) is 4.50. The van der Waals surface area contributed by atoms with Crippen molar-refractivity contribution in [2.45, 2.75) is 22.6 Å². The maximum atomic E-state index is 12.9. The van der Waals surface area contributed by atoms with Crippen LogP contribution in [0.1, 0.15) is 12.8 Å². The van der Waals surface area contributed by atoms with E-state index < -0.39 is 15.9 Å². The molecule has 10 heteroatoms. The van der Waals surface area contributed by atoms with Gasteiger partial charge >= 0.3 is 0 Å². The summed E-state index contributed by atoms with van der Waals surface area (Å²) in [6.07, 6.45) is 3.28. The number of fused-ring (bicyclic) bond motifs is 1. The second kappa shape index (κ2) is 8.84. The number of nitrogens with zero attached hydrogens (tertiary/aromatic N) is 2. The van der Waals surface area contributed by atoms with E-state index in [1.54, 1.807) is 23.9 Å². The average molecular weight is 482 g/mol. The van der Waals surface area contributed by atoms with Gasteiger partial charge in [-0.2, -0.15) is 4.31 Å². The number of aromatic nitrogens is 1. The SMILES string of the molecule is CSc1ccc2nc(NC(=O)C3CCCN(S(=O)(=O)c4ccc(Cl)cc4)C3)sc2c1. The van der Waals surface area contributed by atoms with Crippen molar-refractivity contribution < 1.29 is 13.2 Å². The van der Waals surface area contributed by atoms with E-state index in [9.17, 15) is 13.2 Å². The van der Waals surface area contributed by atoms with E-state index in [4.69, 9.17) is 11.6 Å². The Labute approximate surface area is 188 Å². The molecule has 158 valence electrons. The van der Waals surface area contributed by atoms with Crippen LogP contribution < -0.4 is 5.32 Å². The molecule has 6 nitrogen and oxygen atoms in total. The van der Waals surface area contributed by atoms with Crippen molar-refractivity contribution >= 4 is 66.0 Å². The van der Waals surface area contributed by atoms with Gasteiger partial charge in [0.2, 0.25) is 15.9 Å². The van der Waals surface area contributed by atoms with Gasteiger partial charge in [-0.25, -0.2) is 13.4 Å². The molecule has 1 unspecified atom stereocenters. The lowest BCUT2D eigenvalue weighted by Crippen LogP contribution is -2.43. The first-order valence-electron chi connectivity index (χ1n) is 9.38. The Hall–Kier alpha value is -1.65. The molecule has 2 aromatic carbocycles. The molecule has 1 atom stereocenters. The fourth-order valence-corrected chi connectivity index (χ4v) is 6.50. The molecule has 30 heavy (non-hydrogen) atoms. The monoisotopic (exact) mass is 481 g/mol. The van der Waals surface area contributed by atoms with E-state index in [1.165, 1.54) is 27.8 Å². The van der Waals surface area contributed by atoms with Crippen LogP contribution in [-0.2, 0) is 14.8 Å². The van der Waals surface area contributed by atoms with Gasteiger partial charge in [0, 0.05) is 23.0 Å². The summed E-state index contributed by atoms with van der Waals surface area (Å²) in [7, 11) is -3.67. The lowest BCUT2D eigenvalue weighted by Gasteiger charge is -2.31. The molecule has 1 aliphatic rings. The van der Waals surface area contributed by atoms with E-state index in [-0.39, 0.29) is 17.3 Å². The van der Waals surface area contributed by atoms with E-state index in [2.05, 4.69) is 10.3 Å². The molecule has 3 aromatic rings. The normalized spacial score (nSPS) is 17.9. The number of hydrogen-bond donors (Lipinski definition) is 1. The van der Waals surface area contributed by atoms with E-state index in [1.807, 2.05) is 24.5 Å². The summed E-state index contributed by atoms with van der Waals surface area (Å²) in [5.41, 5.74) is 0.837. The highest BCUT2D eigenvalue weighted by Crippen LogP contribution is 2.31. The summed E-state index contributed by atoms with van der Waals surface area (Å²) >= 11 is 8.94. The number of halogens is 1. The number of piperidine rings is 1. The standard InChI is InChI=1S/C20H20ClN3O3S3/c1-28-15-6-9-17-18(11-15)29-20(22-17)23-19(25)13-3-2-10-24(12-13)30(26,27)16-7-4-14(21)5-8-16/h4-9,11,13H,2-3,10,12H2,1H3,(H,22,23,25). The molecule has 1 N–H and O–H groups in total. The number of sulfonamides is 1. The fourth-order valence-electron chi connectivity index (χ4n) is 3.42. The number of amides is 1. The highest BCUT2D eigenvalue weighted by molar-refractivity contribution is 7.98. The quantitative estimate of drug-likeness (QED) is 0.534.